The minimum absolute atomic E-state index is 0.136. The summed E-state index contributed by atoms with van der Waals surface area (Å²) in [4.78, 5) is 48.9. The van der Waals surface area contributed by atoms with Gasteiger partial charge in [0.25, 0.3) is 18.3 Å². The number of rotatable bonds is 5. The molecule has 0 unspecified atom stereocenters. The number of nitrogens with zero attached hydrogens (tertiary/aromatic N) is 1. The van der Waals surface area contributed by atoms with Crippen molar-refractivity contribution >= 4 is 34.0 Å². The van der Waals surface area contributed by atoms with E-state index >= 15 is 0 Å². The first-order valence-electron chi connectivity index (χ1n) is 13.9. The van der Waals surface area contributed by atoms with Crippen molar-refractivity contribution in [2.24, 2.45) is 0 Å². The number of carboxylic acid groups (broad SMARTS) is 1. The zero-order valence-electron chi connectivity index (χ0n) is 24.4. The van der Waals surface area contributed by atoms with Crippen LogP contribution in [0.4, 0.5) is 0 Å². The van der Waals surface area contributed by atoms with Gasteiger partial charge in [-0.15, -0.1) is 0 Å². The highest BCUT2D eigenvalue weighted by Gasteiger charge is 2.38. The first-order valence-corrected chi connectivity index (χ1v) is 15.6. The summed E-state index contributed by atoms with van der Waals surface area (Å²) in [6.07, 6.45) is -0.802. The number of fused-ring (bicyclic) bond motifs is 7. The van der Waals surface area contributed by atoms with Gasteiger partial charge in [-0.1, -0.05) is 30.3 Å². The van der Waals surface area contributed by atoms with Gasteiger partial charge >= 0.3 is 0 Å². The maximum absolute atomic E-state index is 13.3. The molecule has 238 valence electrons. The Bertz CT molecular complexity index is 1610. The van der Waals surface area contributed by atoms with E-state index < -0.39 is 27.9 Å². The van der Waals surface area contributed by atoms with Crippen molar-refractivity contribution in [3.8, 4) is 17.2 Å². The molecule has 3 aromatic rings. The normalized spacial score (nSPS) is 18.0. The number of carbonyl (C=O) groups is 4. The Kier molecular flexibility index (Phi) is 11.0. The Labute approximate surface area is 260 Å². The van der Waals surface area contributed by atoms with Gasteiger partial charge in [-0.2, -0.15) is 0 Å². The number of benzene rings is 3. The molecule has 4 bridgehead atoms. The molecule has 13 nitrogen and oxygen atoms in total. The Morgan fingerprint density at radius 3 is 2.47 bits per heavy atom. The molecule has 14 heteroatoms. The fraction of sp³-hybridized carbons (Fsp3) is 0.290. The highest BCUT2D eigenvalue weighted by Crippen LogP contribution is 2.29. The summed E-state index contributed by atoms with van der Waals surface area (Å²) in [6.45, 7) is 0.0465. The van der Waals surface area contributed by atoms with Crippen LogP contribution in [0.15, 0.2) is 77.7 Å². The third kappa shape index (κ3) is 8.72. The lowest BCUT2D eigenvalue weighted by Gasteiger charge is -2.21. The van der Waals surface area contributed by atoms with Crippen LogP contribution in [0.2, 0.25) is 0 Å². The number of ether oxygens (including phenoxy) is 3. The van der Waals surface area contributed by atoms with Crippen LogP contribution < -0.4 is 24.8 Å². The number of hydrogen-bond acceptors (Lipinski definition) is 9. The van der Waals surface area contributed by atoms with Gasteiger partial charge in [0, 0.05) is 25.1 Å². The number of amides is 3. The molecule has 0 spiro atoms. The topological polar surface area (TPSA) is 178 Å². The van der Waals surface area contributed by atoms with E-state index in [1.165, 1.54) is 30.2 Å². The summed E-state index contributed by atoms with van der Waals surface area (Å²) in [5, 5.41) is 12.6. The number of likely N-dealkylation sites (tertiary alicyclic amines) is 1. The van der Waals surface area contributed by atoms with Crippen LogP contribution in [0.5, 0.6) is 17.2 Å². The van der Waals surface area contributed by atoms with Gasteiger partial charge in [0.05, 0.1) is 30.3 Å². The van der Waals surface area contributed by atoms with Crippen molar-refractivity contribution < 1.29 is 46.9 Å². The van der Waals surface area contributed by atoms with E-state index in [4.69, 9.17) is 24.1 Å². The highest BCUT2D eigenvalue weighted by molar-refractivity contribution is 7.91. The molecule has 2 atom stereocenters. The van der Waals surface area contributed by atoms with Crippen molar-refractivity contribution in [1.82, 2.24) is 15.5 Å². The van der Waals surface area contributed by atoms with Crippen molar-refractivity contribution in [2.75, 3.05) is 32.6 Å². The molecule has 3 aliphatic heterocycles. The molecule has 1 fully saturated rings. The second-order valence-corrected chi connectivity index (χ2v) is 12.2. The van der Waals surface area contributed by atoms with E-state index in [1.807, 2.05) is 0 Å². The van der Waals surface area contributed by atoms with Gasteiger partial charge in [-0.25, -0.2) is 8.42 Å². The van der Waals surface area contributed by atoms with E-state index in [0.29, 0.717) is 11.5 Å². The Morgan fingerprint density at radius 2 is 1.78 bits per heavy atom. The van der Waals surface area contributed by atoms with E-state index in [1.54, 1.807) is 54.6 Å². The molecule has 3 amide bonds. The summed E-state index contributed by atoms with van der Waals surface area (Å²) < 4.78 is 42.6. The van der Waals surface area contributed by atoms with Crippen molar-refractivity contribution in [3.63, 3.8) is 0 Å². The van der Waals surface area contributed by atoms with E-state index in [-0.39, 0.29) is 72.9 Å². The monoisotopic (exact) mass is 639 g/mol. The number of methoxy groups -OCH3 is 1. The maximum Gasteiger partial charge on any atom is 0.290 e. The van der Waals surface area contributed by atoms with Crippen LogP contribution in [0.3, 0.4) is 0 Å². The molecule has 6 rings (SSSR count). The molecule has 0 radical (unpaired) electrons. The van der Waals surface area contributed by atoms with Crippen LogP contribution in [0.1, 0.15) is 22.3 Å². The fourth-order valence-electron chi connectivity index (χ4n) is 4.80. The van der Waals surface area contributed by atoms with E-state index in [9.17, 15) is 22.8 Å². The fourth-order valence-corrected chi connectivity index (χ4v) is 6.05. The van der Waals surface area contributed by atoms with Crippen molar-refractivity contribution in [3.05, 3.63) is 83.9 Å². The van der Waals surface area contributed by atoms with Gasteiger partial charge in [-0.05, 0) is 48.0 Å². The predicted molar refractivity (Wildman–Crippen MR) is 161 cm³/mol. The molecular formula is C31H33N3O10S. The first-order chi connectivity index (χ1) is 21.6. The quantitative estimate of drug-likeness (QED) is 0.348. The number of carbonyl (C=O) groups excluding carboxylic acids is 3. The third-order valence-electron chi connectivity index (χ3n) is 7.11. The van der Waals surface area contributed by atoms with Gasteiger partial charge in [-0.3, -0.25) is 19.2 Å². The van der Waals surface area contributed by atoms with Gasteiger partial charge < -0.3 is 34.9 Å². The largest absolute Gasteiger partial charge is 0.493 e. The lowest BCUT2D eigenvalue weighted by atomic mass is 10.1. The van der Waals surface area contributed by atoms with Crippen molar-refractivity contribution in [1.29, 1.82) is 0 Å². The summed E-state index contributed by atoms with van der Waals surface area (Å²) in [7, 11) is -2.18. The molecule has 3 heterocycles. The van der Waals surface area contributed by atoms with Crippen molar-refractivity contribution in [2.45, 2.75) is 30.0 Å². The zero-order chi connectivity index (χ0) is 32.4. The highest BCUT2D eigenvalue weighted by atomic mass is 32.2. The second kappa shape index (κ2) is 15.1. The summed E-state index contributed by atoms with van der Waals surface area (Å²) in [5.41, 5.74) is 1.10. The first kappa shape index (κ1) is 32.8. The minimum Gasteiger partial charge on any atom is -0.493 e. The SMILES string of the molecule is COc1ccc2cc1OCC(=O)NCc1ccc(cc1)O[C@H]1CN(C(=O)CCS(=O)(=O)c3ccccc3)C[C@@H]1NC2=O.O=CO. The average molecular weight is 640 g/mol. The molecule has 0 aliphatic carbocycles. The van der Waals surface area contributed by atoms with Gasteiger partial charge in [0.1, 0.15) is 11.9 Å². The smallest absolute Gasteiger partial charge is 0.290 e. The van der Waals surface area contributed by atoms with E-state index in [2.05, 4.69) is 10.6 Å². The maximum atomic E-state index is 13.3. The lowest BCUT2D eigenvalue weighted by molar-refractivity contribution is -0.130. The van der Waals surface area contributed by atoms with E-state index in [0.717, 1.165) is 5.56 Å². The summed E-state index contributed by atoms with van der Waals surface area (Å²) >= 11 is 0. The van der Waals surface area contributed by atoms with Crippen LogP contribution in [0, 0.1) is 0 Å². The minimum atomic E-state index is -3.63. The number of hydrogen-bond donors (Lipinski definition) is 3. The summed E-state index contributed by atoms with van der Waals surface area (Å²) in [5.74, 6) is -0.357. The number of nitrogens with one attached hydrogen (secondary N) is 2. The van der Waals surface area contributed by atoms with Crippen LogP contribution >= 0.6 is 0 Å². The molecule has 45 heavy (non-hydrogen) atoms. The van der Waals surface area contributed by atoms with Gasteiger partial charge in [0.2, 0.25) is 5.91 Å². The number of sulfone groups is 1. The lowest BCUT2D eigenvalue weighted by Crippen LogP contribution is -2.45. The zero-order valence-corrected chi connectivity index (χ0v) is 25.2. The Morgan fingerprint density at radius 1 is 1.07 bits per heavy atom. The second-order valence-electron chi connectivity index (χ2n) is 10.1. The molecular weight excluding hydrogens is 606 g/mol. The van der Waals surface area contributed by atoms with Crippen LogP contribution in [-0.4, -0.2) is 87.3 Å². The molecule has 0 aromatic heterocycles. The summed E-state index contributed by atoms with van der Waals surface area (Å²) in [6, 6.07) is 19.1. The molecule has 3 aliphatic rings. The van der Waals surface area contributed by atoms with Gasteiger partial charge in [0.15, 0.2) is 27.9 Å². The Hall–Kier alpha value is -5.11. The molecule has 3 N–H and O–H groups in total. The average Bonchev–Trinajstić information content (AvgIpc) is 3.44. The molecule has 0 saturated carbocycles. The van der Waals surface area contributed by atoms with Crippen LogP contribution in [-0.2, 0) is 30.8 Å². The molecule has 1 saturated heterocycles. The molecule has 3 aromatic carbocycles. The van der Waals surface area contributed by atoms with Crippen LogP contribution in [0.25, 0.3) is 0 Å². The Balaban J connectivity index is 0.00000148. The third-order valence-corrected chi connectivity index (χ3v) is 8.84. The standard InChI is InChI=1S/C30H31N3O8S.CH2O2/c1-39-25-12-9-21-15-26(25)40-19-28(34)31-16-20-7-10-22(11-8-20)41-27-18-33(17-24(27)32-30(21)36)29(35)13-14-42(37,38)23-5-3-2-4-6-23;2-1-3/h2-12,15,24,27H,13-14,16-19H2,1H3,(H,31,34)(H,32,36);1H,(H,2,3)/t24-,27-;/m0./s1. The predicted octanol–water partition coefficient (Wildman–Crippen LogP) is 1.66.